The molecular weight excluding hydrogens is 426 g/mol. The summed E-state index contributed by atoms with van der Waals surface area (Å²) in [6.45, 7) is 3.97. The molecule has 5 N–H and O–H groups in total. The Labute approximate surface area is 181 Å². The summed E-state index contributed by atoms with van der Waals surface area (Å²) in [7, 11) is -3.73. The number of carbonyl (C=O) groups is 2. The number of amides is 1. The quantitative estimate of drug-likeness (QED) is 0.264. The lowest BCUT2D eigenvalue weighted by Gasteiger charge is -2.16. The first-order chi connectivity index (χ1) is 14.8. The van der Waals surface area contributed by atoms with Gasteiger partial charge in [0, 0.05) is 25.2 Å². The number of sulfonamides is 1. The maximum Gasteiger partial charge on any atom is 0.323 e. The predicted octanol–water partition coefficient (Wildman–Crippen LogP) is -0.483. The average molecular weight is 456 g/mol. The molecule has 0 aliphatic carbocycles. The smallest absolute Gasteiger partial charge is 0.323 e. The van der Waals surface area contributed by atoms with Crippen molar-refractivity contribution in [2.24, 2.45) is 4.99 Å². The van der Waals surface area contributed by atoms with E-state index < -0.39 is 27.9 Å². The maximum atomic E-state index is 12.3. The van der Waals surface area contributed by atoms with Crippen molar-refractivity contribution < 1.29 is 27.9 Å². The van der Waals surface area contributed by atoms with E-state index in [2.05, 4.69) is 25.7 Å². The lowest BCUT2D eigenvalue weighted by atomic mass is 10.2. The Kier molecular flexibility index (Phi) is 9.53. The van der Waals surface area contributed by atoms with Gasteiger partial charge in [-0.3, -0.25) is 14.6 Å². The molecule has 0 saturated carbocycles. The number of nitrogens with zero attached hydrogens (tertiary/aromatic N) is 1. The van der Waals surface area contributed by atoms with Gasteiger partial charge in [-0.25, -0.2) is 8.42 Å². The SMILES string of the molecule is CCCS(=O)(=O)NC(CNC(=O)c1ccc(OCCNC2=NCCCN2)cc1)C(=O)O. The van der Waals surface area contributed by atoms with E-state index in [-0.39, 0.29) is 12.3 Å². The Morgan fingerprint density at radius 1 is 1.29 bits per heavy atom. The molecule has 1 heterocycles. The van der Waals surface area contributed by atoms with Crippen molar-refractivity contribution in [2.45, 2.75) is 25.8 Å². The second kappa shape index (κ2) is 12.1. The van der Waals surface area contributed by atoms with E-state index in [0.29, 0.717) is 30.9 Å². The molecule has 172 valence electrons. The zero-order valence-electron chi connectivity index (χ0n) is 17.4. The molecule has 2 rings (SSSR count). The van der Waals surface area contributed by atoms with Crippen LogP contribution in [0.4, 0.5) is 0 Å². The van der Waals surface area contributed by atoms with Gasteiger partial charge < -0.3 is 25.8 Å². The number of hydrogen-bond donors (Lipinski definition) is 5. The minimum Gasteiger partial charge on any atom is -0.492 e. The molecule has 1 aliphatic rings. The molecule has 1 aromatic carbocycles. The Hall–Kier alpha value is -2.86. The number of carboxylic acid groups (broad SMARTS) is 1. The average Bonchev–Trinajstić information content (AvgIpc) is 2.75. The van der Waals surface area contributed by atoms with Crippen molar-refractivity contribution in [3.8, 4) is 5.75 Å². The van der Waals surface area contributed by atoms with Crippen molar-refractivity contribution in [1.29, 1.82) is 0 Å². The van der Waals surface area contributed by atoms with E-state index in [9.17, 15) is 23.1 Å². The van der Waals surface area contributed by atoms with Crippen LogP contribution in [0.3, 0.4) is 0 Å². The molecule has 0 spiro atoms. The standard InChI is InChI=1S/C19H29N5O6S/c1-2-12-31(28,29)24-16(18(26)27)13-23-17(25)14-4-6-15(7-5-14)30-11-10-22-19-20-8-3-9-21-19/h4-7,16,24H,2-3,8-13H2,1H3,(H,23,25)(H,26,27)(H2,20,21,22). The lowest BCUT2D eigenvalue weighted by molar-refractivity contribution is -0.138. The summed E-state index contributed by atoms with van der Waals surface area (Å²) in [6, 6.07) is 4.90. The molecule has 1 atom stereocenters. The molecule has 31 heavy (non-hydrogen) atoms. The largest absolute Gasteiger partial charge is 0.492 e. The van der Waals surface area contributed by atoms with E-state index in [0.717, 1.165) is 25.5 Å². The highest BCUT2D eigenvalue weighted by atomic mass is 32.2. The number of carbonyl (C=O) groups excluding carboxylic acids is 1. The fourth-order valence-electron chi connectivity index (χ4n) is 2.71. The summed E-state index contributed by atoms with van der Waals surface area (Å²) in [6.07, 6.45) is 1.37. The van der Waals surface area contributed by atoms with Gasteiger partial charge in [0.25, 0.3) is 5.91 Å². The van der Waals surface area contributed by atoms with E-state index in [4.69, 9.17) is 4.74 Å². The summed E-state index contributed by atoms with van der Waals surface area (Å²) in [5.41, 5.74) is 0.298. The van der Waals surface area contributed by atoms with Crippen LogP contribution in [0.25, 0.3) is 0 Å². The van der Waals surface area contributed by atoms with Crippen LogP contribution >= 0.6 is 0 Å². The summed E-state index contributed by atoms with van der Waals surface area (Å²) in [4.78, 5) is 27.8. The molecule has 0 aromatic heterocycles. The molecule has 0 fully saturated rings. The van der Waals surface area contributed by atoms with Crippen LogP contribution in [0.15, 0.2) is 29.3 Å². The van der Waals surface area contributed by atoms with E-state index in [1.165, 1.54) is 0 Å². The van der Waals surface area contributed by atoms with E-state index in [1.54, 1.807) is 31.2 Å². The maximum absolute atomic E-state index is 12.3. The Balaban J connectivity index is 1.78. The molecule has 12 heteroatoms. The van der Waals surface area contributed by atoms with E-state index in [1.807, 2.05) is 0 Å². The van der Waals surface area contributed by atoms with Gasteiger partial charge in [-0.1, -0.05) is 6.92 Å². The van der Waals surface area contributed by atoms with Crippen molar-refractivity contribution in [3.05, 3.63) is 29.8 Å². The number of rotatable bonds is 12. The molecule has 0 bridgehead atoms. The number of hydrogen-bond acceptors (Lipinski definition) is 8. The molecule has 1 unspecified atom stereocenters. The number of ether oxygens (including phenoxy) is 1. The minimum absolute atomic E-state index is 0.188. The fraction of sp³-hybridized carbons (Fsp3) is 0.526. The lowest BCUT2D eigenvalue weighted by Crippen LogP contribution is -2.48. The number of carboxylic acids is 1. The monoisotopic (exact) mass is 455 g/mol. The zero-order valence-corrected chi connectivity index (χ0v) is 18.2. The van der Waals surface area contributed by atoms with Gasteiger partial charge in [0.05, 0.1) is 12.3 Å². The second-order valence-electron chi connectivity index (χ2n) is 6.85. The van der Waals surface area contributed by atoms with Gasteiger partial charge >= 0.3 is 5.97 Å². The summed E-state index contributed by atoms with van der Waals surface area (Å²) >= 11 is 0. The van der Waals surface area contributed by atoms with Crippen molar-refractivity contribution >= 4 is 27.9 Å². The fourth-order valence-corrected chi connectivity index (χ4v) is 3.99. The van der Waals surface area contributed by atoms with Gasteiger partial charge in [0.1, 0.15) is 18.4 Å². The van der Waals surface area contributed by atoms with Crippen LogP contribution in [-0.4, -0.2) is 75.9 Å². The number of aliphatic carboxylic acids is 1. The highest BCUT2D eigenvalue weighted by molar-refractivity contribution is 7.89. The predicted molar refractivity (Wildman–Crippen MR) is 116 cm³/mol. The summed E-state index contributed by atoms with van der Waals surface area (Å²) in [5.74, 6) is -0.736. The van der Waals surface area contributed by atoms with Gasteiger partial charge in [-0.15, -0.1) is 0 Å². The number of guanidine groups is 1. The van der Waals surface area contributed by atoms with Crippen LogP contribution in [0.1, 0.15) is 30.1 Å². The Morgan fingerprint density at radius 2 is 2.03 bits per heavy atom. The number of benzene rings is 1. The van der Waals surface area contributed by atoms with Crippen molar-refractivity contribution in [2.75, 3.05) is 38.5 Å². The zero-order chi connectivity index (χ0) is 22.7. The first-order valence-electron chi connectivity index (χ1n) is 10.1. The van der Waals surface area contributed by atoms with Gasteiger partial charge in [0.15, 0.2) is 5.96 Å². The third-order valence-electron chi connectivity index (χ3n) is 4.24. The molecule has 0 saturated heterocycles. The third kappa shape index (κ3) is 8.80. The van der Waals surface area contributed by atoms with Gasteiger partial charge in [0.2, 0.25) is 10.0 Å². The van der Waals surface area contributed by atoms with Gasteiger partial charge in [-0.2, -0.15) is 4.72 Å². The Bertz CT molecular complexity index is 872. The van der Waals surface area contributed by atoms with Crippen molar-refractivity contribution in [3.63, 3.8) is 0 Å². The topological polar surface area (TPSA) is 158 Å². The van der Waals surface area contributed by atoms with Gasteiger partial charge in [-0.05, 0) is 37.1 Å². The highest BCUT2D eigenvalue weighted by Gasteiger charge is 2.24. The number of nitrogens with one attached hydrogen (secondary N) is 4. The third-order valence-corrected chi connectivity index (χ3v) is 5.83. The summed E-state index contributed by atoms with van der Waals surface area (Å²) in [5, 5.41) is 17.9. The number of aliphatic imine (C=N–C) groups is 1. The van der Waals surface area contributed by atoms with Crippen LogP contribution in [-0.2, 0) is 14.8 Å². The summed E-state index contributed by atoms with van der Waals surface area (Å²) < 4.78 is 31.2. The van der Waals surface area contributed by atoms with Crippen molar-refractivity contribution in [1.82, 2.24) is 20.7 Å². The van der Waals surface area contributed by atoms with Crippen LogP contribution < -0.4 is 25.4 Å². The molecule has 0 radical (unpaired) electrons. The highest BCUT2D eigenvalue weighted by Crippen LogP contribution is 2.12. The molecule has 11 nitrogen and oxygen atoms in total. The molecule has 1 amide bonds. The van der Waals surface area contributed by atoms with Crippen LogP contribution in [0.5, 0.6) is 5.75 Å². The first-order valence-corrected chi connectivity index (χ1v) is 11.7. The minimum atomic E-state index is -3.73. The molecule has 1 aromatic rings. The van der Waals surface area contributed by atoms with Crippen LogP contribution in [0.2, 0.25) is 0 Å². The second-order valence-corrected chi connectivity index (χ2v) is 8.72. The first kappa shape index (κ1) is 24.4. The Morgan fingerprint density at radius 3 is 2.65 bits per heavy atom. The van der Waals surface area contributed by atoms with E-state index >= 15 is 0 Å². The van der Waals surface area contributed by atoms with Crippen LogP contribution in [0, 0.1) is 0 Å². The normalized spacial score (nSPS) is 14.7. The molecule has 1 aliphatic heterocycles. The molecular formula is C19H29N5O6S.